The summed E-state index contributed by atoms with van der Waals surface area (Å²) in [7, 11) is 0. The topological polar surface area (TPSA) is 53.6 Å². The average Bonchev–Trinajstić information content (AvgIpc) is 2.56. The molecule has 3 rings (SSSR count). The summed E-state index contributed by atoms with van der Waals surface area (Å²) in [6.45, 7) is 8.74. The fourth-order valence-corrected chi connectivity index (χ4v) is 3.74. The number of nitrogens with zero attached hydrogens (tertiary/aromatic N) is 1. The van der Waals surface area contributed by atoms with Gasteiger partial charge in [-0.05, 0) is 44.9 Å². The van der Waals surface area contributed by atoms with Gasteiger partial charge in [-0.3, -0.25) is 9.69 Å². The molecule has 132 valence electrons. The van der Waals surface area contributed by atoms with Gasteiger partial charge in [0.25, 0.3) is 0 Å². The fraction of sp³-hybridized carbons (Fsp3) is 0.632. The molecule has 2 aliphatic heterocycles. The Morgan fingerprint density at radius 2 is 2.04 bits per heavy atom. The first kappa shape index (κ1) is 17.4. The third kappa shape index (κ3) is 4.56. The lowest BCUT2D eigenvalue weighted by molar-refractivity contribution is -0.120. The lowest BCUT2D eigenvalue weighted by Gasteiger charge is -2.35. The van der Waals surface area contributed by atoms with Crippen molar-refractivity contribution in [3.63, 3.8) is 0 Å². The van der Waals surface area contributed by atoms with Crippen LogP contribution in [0.5, 0.6) is 0 Å². The van der Waals surface area contributed by atoms with Crippen LogP contribution in [0.4, 0.5) is 5.69 Å². The highest BCUT2D eigenvalue weighted by Crippen LogP contribution is 2.22. The molecule has 0 aromatic heterocycles. The minimum Gasteiger partial charge on any atom is -0.373 e. The van der Waals surface area contributed by atoms with Crippen LogP contribution in [-0.4, -0.2) is 49.2 Å². The highest BCUT2D eigenvalue weighted by atomic mass is 16.5. The Kier molecular flexibility index (Phi) is 5.87. The molecule has 0 bridgehead atoms. The van der Waals surface area contributed by atoms with Crippen molar-refractivity contribution in [3.8, 4) is 0 Å². The molecule has 0 saturated carbocycles. The lowest BCUT2D eigenvalue weighted by Crippen LogP contribution is -2.45. The van der Waals surface area contributed by atoms with E-state index in [4.69, 9.17) is 4.74 Å². The normalized spacial score (nSPS) is 28.5. The summed E-state index contributed by atoms with van der Waals surface area (Å²) < 4.78 is 5.81. The molecule has 5 heteroatoms. The summed E-state index contributed by atoms with van der Waals surface area (Å²) in [5.74, 6) is 0.216. The molecule has 0 spiro atoms. The number of benzene rings is 1. The van der Waals surface area contributed by atoms with Crippen LogP contribution in [0.15, 0.2) is 24.3 Å². The molecule has 2 fully saturated rings. The van der Waals surface area contributed by atoms with Crippen LogP contribution in [0.1, 0.15) is 32.3 Å². The molecular weight excluding hydrogens is 302 g/mol. The number of hydrogen-bond acceptors (Lipinski definition) is 4. The number of para-hydroxylation sites is 1. The fourth-order valence-electron chi connectivity index (χ4n) is 3.74. The average molecular weight is 331 g/mol. The van der Waals surface area contributed by atoms with Crippen molar-refractivity contribution in [1.29, 1.82) is 0 Å². The van der Waals surface area contributed by atoms with Crippen molar-refractivity contribution in [3.05, 3.63) is 29.8 Å². The minimum atomic E-state index is 0.0789. The summed E-state index contributed by atoms with van der Waals surface area (Å²) in [5, 5.41) is 6.46. The Morgan fingerprint density at radius 1 is 1.29 bits per heavy atom. The number of piperidine rings is 1. The predicted octanol–water partition coefficient (Wildman–Crippen LogP) is 2.23. The van der Waals surface area contributed by atoms with Crippen LogP contribution in [0.3, 0.4) is 0 Å². The quantitative estimate of drug-likeness (QED) is 0.888. The molecule has 0 radical (unpaired) electrons. The number of amides is 1. The van der Waals surface area contributed by atoms with E-state index in [1.807, 2.05) is 18.2 Å². The van der Waals surface area contributed by atoms with E-state index in [-0.39, 0.29) is 24.0 Å². The van der Waals surface area contributed by atoms with Crippen molar-refractivity contribution in [2.75, 3.05) is 31.5 Å². The van der Waals surface area contributed by atoms with E-state index in [0.717, 1.165) is 51.3 Å². The Balaban J connectivity index is 1.65. The second kappa shape index (κ2) is 8.10. The standard InChI is InChI=1S/C19H29N3O2/c1-14-11-22(12-15(2)24-14)13-17-6-3-4-8-18(17)21-19(23)16-7-5-9-20-10-16/h3-4,6,8,14-16,20H,5,7,9-13H2,1-2H3,(H,21,23). The first-order valence-electron chi connectivity index (χ1n) is 9.09. The SMILES string of the molecule is CC1CN(Cc2ccccc2NC(=O)C2CCCNC2)CC(C)O1. The highest BCUT2D eigenvalue weighted by Gasteiger charge is 2.24. The summed E-state index contributed by atoms with van der Waals surface area (Å²) in [6, 6.07) is 8.15. The van der Waals surface area contributed by atoms with Crippen molar-refractivity contribution in [1.82, 2.24) is 10.2 Å². The van der Waals surface area contributed by atoms with Gasteiger partial charge in [0.1, 0.15) is 0 Å². The van der Waals surface area contributed by atoms with Crippen LogP contribution in [0.25, 0.3) is 0 Å². The molecule has 24 heavy (non-hydrogen) atoms. The predicted molar refractivity (Wildman–Crippen MR) is 96.0 cm³/mol. The van der Waals surface area contributed by atoms with Crippen molar-refractivity contribution >= 4 is 11.6 Å². The number of anilines is 1. The molecule has 1 amide bonds. The van der Waals surface area contributed by atoms with Gasteiger partial charge in [-0.25, -0.2) is 0 Å². The molecule has 0 aliphatic carbocycles. The largest absolute Gasteiger partial charge is 0.373 e. The molecule has 2 heterocycles. The molecule has 2 saturated heterocycles. The van der Waals surface area contributed by atoms with Gasteiger partial charge < -0.3 is 15.4 Å². The maximum atomic E-state index is 12.5. The Hall–Kier alpha value is -1.43. The number of nitrogens with one attached hydrogen (secondary N) is 2. The second-order valence-corrected chi connectivity index (χ2v) is 7.14. The van der Waals surface area contributed by atoms with E-state index in [1.54, 1.807) is 0 Å². The van der Waals surface area contributed by atoms with Gasteiger partial charge in [0.2, 0.25) is 5.91 Å². The van der Waals surface area contributed by atoms with E-state index in [2.05, 4.69) is 35.4 Å². The first-order chi connectivity index (χ1) is 11.6. The Bertz CT molecular complexity index is 547. The molecular formula is C19H29N3O2. The zero-order valence-corrected chi connectivity index (χ0v) is 14.8. The zero-order chi connectivity index (χ0) is 16.9. The molecule has 1 aromatic rings. The van der Waals surface area contributed by atoms with E-state index in [9.17, 15) is 4.79 Å². The van der Waals surface area contributed by atoms with E-state index in [1.165, 1.54) is 5.56 Å². The Morgan fingerprint density at radius 3 is 2.75 bits per heavy atom. The van der Waals surface area contributed by atoms with Gasteiger partial charge in [-0.1, -0.05) is 18.2 Å². The van der Waals surface area contributed by atoms with Gasteiger partial charge in [-0.15, -0.1) is 0 Å². The van der Waals surface area contributed by atoms with Crippen LogP contribution >= 0.6 is 0 Å². The monoisotopic (exact) mass is 331 g/mol. The van der Waals surface area contributed by atoms with Crippen LogP contribution in [0.2, 0.25) is 0 Å². The third-order valence-electron chi connectivity index (χ3n) is 4.83. The van der Waals surface area contributed by atoms with Crippen LogP contribution in [-0.2, 0) is 16.1 Å². The maximum absolute atomic E-state index is 12.5. The van der Waals surface area contributed by atoms with Gasteiger partial charge in [0.15, 0.2) is 0 Å². The highest BCUT2D eigenvalue weighted by molar-refractivity contribution is 5.93. The summed E-state index contributed by atoms with van der Waals surface area (Å²) in [6.07, 6.45) is 2.55. The lowest BCUT2D eigenvalue weighted by atomic mass is 9.98. The third-order valence-corrected chi connectivity index (χ3v) is 4.83. The number of carbonyl (C=O) groups is 1. The first-order valence-corrected chi connectivity index (χ1v) is 9.09. The maximum Gasteiger partial charge on any atom is 0.228 e. The van der Waals surface area contributed by atoms with Crippen molar-refractivity contribution < 1.29 is 9.53 Å². The van der Waals surface area contributed by atoms with E-state index in [0.29, 0.717) is 0 Å². The molecule has 3 unspecified atom stereocenters. The molecule has 3 atom stereocenters. The van der Waals surface area contributed by atoms with Crippen LogP contribution < -0.4 is 10.6 Å². The minimum absolute atomic E-state index is 0.0789. The number of rotatable bonds is 4. The molecule has 2 aliphatic rings. The molecule has 2 N–H and O–H groups in total. The second-order valence-electron chi connectivity index (χ2n) is 7.14. The Labute approximate surface area is 144 Å². The summed E-state index contributed by atoms with van der Waals surface area (Å²) in [4.78, 5) is 14.9. The number of morpholine rings is 1. The molecule has 1 aromatic carbocycles. The smallest absolute Gasteiger partial charge is 0.228 e. The van der Waals surface area contributed by atoms with Gasteiger partial charge in [-0.2, -0.15) is 0 Å². The summed E-state index contributed by atoms with van der Waals surface area (Å²) >= 11 is 0. The van der Waals surface area contributed by atoms with Crippen molar-refractivity contribution in [2.24, 2.45) is 5.92 Å². The summed E-state index contributed by atoms with van der Waals surface area (Å²) in [5.41, 5.74) is 2.12. The number of hydrogen-bond donors (Lipinski definition) is 2. The van der Waals surface area contributed by atoms with E-state index < -0.39 is 0 Å². The zero-order valence-electron chi connectivity index (χ0n) is 14.8. The number of carbonyl (C=O) groups excluding carboxylic acids is 1. The van der Waals surface area contributed by atoms with Crippen LogP contribution in [0, 0.1) is 5.92 Å². The van der Waals surface area contributed by atoms with Gasteiger partial charge in [0.05, 0.1) is 18.1 Å². The number of ether oxygens (including phenoxy) is 1. The van der Waals surface area contributed by atoms with Gasteiger partial charge >= 0.3 is 0 Å². The van der Waals surface area contributed by atoms with E-state index >= 15 is 0 Å². The van der Waals surface area contributed by atoms with Gasteiger partial charge in [0, 0.05) is 31.9 Å². The molecule has 5 nitrogen and oxygen atoms in total. The van der Waals surface area contributed by atoms with Crippen molar-refractivity contribution in [2.45, 2.75) is 45.4 Å².